The Morgan fingerprint density at radius 2 is 1.85 bits per heavy atom. The highest BCUT2D eigenvalue weighted by atomic mass is 16.4. The van der Waals surface area contributed by atoms with Crippen molar-refractivity contribution in [2.75, 3.05) is 5.32 Å². The van der Waals surface area contributed by atoms with Gasteiger partial charge in [-0.2, -0.15) is 0 Å². The quantitative estimate of drug-likeness (QED) is 0.761. The number of aromatic nitrogens is 2. The molecule has 20 heavy (non-hydrogen) atoms. The maximum Gasteiger partial charge on any atom is 0.335 e. The van der Waals surface area contributed by atoms with Crippen molar-refractivity contribution in [2.24, 2.45) is 0 Å². The van der Waals surface area contributed by atoms with Gasteiger partial charge in [0.2, 0.25) is 0 Å². The number of anilines is 2. The largest absolute Gasteiger partial charge is 0.478 e. The predicted octanol–water partition coefficient (Wildman–Crippen LogP) is 3.07. The fourth-order valence-corrected chi connectivity index (χ4v) is 1.95. The third kappa shape index (κ3) is 2.29. The zero-order chi connectivity index (χ0) is 13.9. The lowest BCUT2D eigenvalue weighted by atomic mass is 10.1. The summed E-state index contributed by atoms with van der Waals surface area (Å²) in [6, 6.07) is 14.3. The summed E-state index contributed by atoms with van der Waals surface area (Å²) in [7, 11) is 0. The first-order valence-electron chi connectivity index (χ1n) is 6.04. The van der Waals surface area contributed by atoms with Crippen molar-refractivity contribution < 1.29 is 9.90 Å². The number of carbonyl (C=O) groups is 1. The van der Waals surface area contributed by atoms with Crippen LogP contribution in [0.4, 0.5) is 11.5 Å². The van der Waals surface area contributed by atoms with Gasteiger partial charge in [-0.25, -0.2) is 14.8 Å². The number of nitrogens with zero attached hydrogens (tertiary/aromatic N) is 2. The van der Waals surface area contributed by atoms with E-state index in [1.165, 1.54) is 12.4 Å². The van der Waals surface area contributed by atoms with Crippen molar-refractivity contribution in [3.63, 3.8) is 0 Å². The molecular formula is C15H11N3O2. The van der Waals surface area contributed by atoms with Crippen molar-refractivity contribution in [1.82, 2.24) is 9.97 Å². The molecule has 0 aliphatic rings. The molecule has 0 amide bonds. The fraction of sp³-hybridized carbons (Fsp3) is 0. The van der Waals surface area contributed by atoms with E-state index < -0.39 is 5.97 Å². The minimum atomic E-state index is -0.971. The number of benzene rings is 2. The number of aromatic carboxylic acids is 1. The smallest absolute Gasteiger partial charge is 0.335 e. The molecule has 0 radical (unpaired) electrons. The third-order valence-corrected chi connectivity index (χ3v) is 2.92. The Morgan fingerprint density at radius 3 is 2.60 bits per heavy atom. The van der Waals surface area contributed by atoms with Crippen molar-refractivity contribution in [3.05, 3.63) is 60.4 Å². The maximum absolute atomic E-state index is 11.1. The molecule has 0 bridgehead atoms. The van der Waals surface area contributed by atoms with Gasteiger partial charge in [0, 0.05) is 11.1 Å². The zero-order valence-corrected chi connectivity index (χ0v) is 10.4. The predicted molar refractivity (Wildman–Crippen MR) is 76.2 cm³/mol. The molecule has 0 spiro atoms. The highest BCUT2D eigenvalue weighted by molar-refractivity contribution is 5.97. The topological polar surface area (TPSA) is 75.1 Å². The highest BCUT2D eigenvalue weighted by Gasteiger charge is 2.08. The molecule has 0 aliphatic carbocycles. The molecule has 0 aliphatic heterocycles. The molecule has 3 aromatic rings. The van der Waals surface area contributed by atoms with Crippen LogP contribution in [0.1, 0.15) is 10.4 Å². The van der Waals surface area contributed by atoms with Crippen LogP contribution in [0.15, 0.2) is 54.9 Å². The van der Waals surface area contributed by atoms with Crippen molar-refractivity contribution in [2.45, 2.75) is 0 Å². The number of nitrogens with one attached hydrogen (secondary N) is 1. The molecule has 0 saturated heterocycles. The van der Waals surface area contributed by atoms with Crippen LogP contribution in [0.3, 0.4) is 0 Å². The number of rotatable bonds is 3. The first-order valence-corrected chi connectivity index (χ1v) is 6.04. The standard InChI is InChI=1S/C15H11N3O2/c19-15(20)10-6-7-13-12(8-10)14(17-9-16-13)18-11-4-2-1-3-5-11/h1-9H,(H,19,20)(H,16,17,18). The Balaban J connectivity index is 2.10. The Morgan fingerprint density at radius 1 is 1.05 bits per heavy atom. The van der Waals surface area contributed by atoms with E-state index in [2.05, 4.69) is 15.3 Å². The lowest BCUT2D eigenvalue weighted by molar-refractivity contribution is 0.0697. The normalized spacial score (nSPS) is 10.4. The minimum Gasteiger partial charge on any atom is -0.478 e. The van der Waals surface area contributed by atoms with Gasteiger partial charge in [0.15, 0.2) is 0 Å². The molecular weight excluding hydrogens is 254 g/mol. The van der Waals surface area contributed by atoms with Crippen molar-refractivity contribution in [3.8, 4) is 0 Å². The van der Waals surface area contributed by atoms with E-state index >= 15 is 0 Å². The van der Waals surface area contributed by atoms with Crippen LogP contribution >= 0.6 is 0 Å². The number of carboxylic acids is 1. The van der Waals surface area contributed by atoms with Gasteiger partial charge in [0.25, 0.3) is 0 Å². The Kier molecular flexibility index (Phi) is 3.01. The maximum atomic E-state index is 11.1. The van der Waals surface area contributed by atoms with E-state index in [0.717, 1.165) is 5.69 Å². The summed E-state index contributed by atoms with van der Waals surface area (Å²) in [4.78, 5) is 19.4. The fourth-order valence-electron chi connectivity index (χ4n) is 1.95. The second kappa shape index (κ2) is 4.97. The number of hydrogen-bond acceptors (Lipinski definition) is 4. The Bertz CT molecular complexity index is 772. The molecule has 98 valence electrons. The lowest BCUT2D eigenvalue weighted by Gasteiger charge is -2.08. The van der Waals surface area contributed by atoms with E-state index in [1.54, 1.807) is 12.1 Å². The molecule has 2 N–H and O–H groups in total. The van der Waals surface area contributed by atoms with E-state index in [1.807, 2.05) is 30.3 Å². The number of carboxylic acid groups (broad SMARTS) is 1. The number of hydrogen-bond donors (Lipinski definition) is 2. The molecule has 0 unspecified atom stereocenters. The molecule has 0 saturated carbocycles. The second-order valence-corrected chi connectivity index (χ2v) is 4.25. The summed E-state index contributed by atoms with van der Waals surface area (Å²) in [5.41, 5.74) is 1.79. The summed E-state index contributed by atoms with van der Waals surface area (Å²) < 4.78 is 0. The van der Waals surface area contributed by atoms with Crippen LogP contribution < -0.4 is 5.32 Å². The van der Waals surface area contributed by atoms with Gasteiger partial charge < -0.3 is 10.4 Å². The van der Waals surface area contributed by atoms with Gasteiger partial charge in [0.1, 0.15) is 12.1 Å². The molecule has 1 heterocycles. The summed E-state index contributed by atoms with van der Waals surface area (Å²) in [6.07, 6.45) is 1.45. The van der Waals surface area contributed by atoms with Gasteiger partial charge in [-0.05, 0) is 30.3 Å². The van der Waals surface area contributed by atoms with Gasteiger partial charge in [-0.15, -0.1) is 0 Å². The molecule has 3 rings (SSSR count). The summed E-state index contributed by atoms with van der Waals surface area (Å²) in [5, 5.41) is 12.9. The number of para-hydroxylation sites is 1. The second-order valence-electron chi connectivity index (χ2n) is 4.25. The lowest BCUT2D eigenvalue weighted by Crippen LogP contribution is -1.99. The molecule has 5 nitrogen and oxygen atoms in total. The Hall–Kier alpha value is -2.95. The van der Waals surface area contributed by atoms with Gasteiger partial charge in [0.05, 0.1) is 11.1 Å². The molecule has 0 fully saturated rings. The average Bonchev–Trinajstić information content (AvgIpc) is 2.48. The molecule has 1 aromatic heterocycles. The van der Waals surface area contributed by atoms with Gasteiger partial charge in [-0.3, -0.25) is 0 Å². The minimum absolute atomic E-state index is 0.211. The number of fused-ring (bicyclic) bond motifs is 1. The zero-order valence-electron chi connectivity index (χ0n) is 10.4. The van der Waals surface area contributed by atoms with Crippen LogP contribution in [0.5, 0.6) is 0 Å². The van der Waals surface area contributed by atoms with Crippen molar-refractivity contribution in [1.29, 1.82) is 0 Å². The van der Waals surface area contributed by atoms with E-state index in [0.29, 0.717) is 16.7 Å². The van der Waals surface area contributed by atoms with E-state index in [4.69, 9.17) is 5.11 Å². The Labute approximate surface area is 114 Å². The van der Waals surface area contributed by atoms with Gasteiger partial charge >= 0.3 is 5.97 Å². The van der Waals surface area contributed by atoms with Crippen LogP contribution in [-0.4, -0.2) is 21.0 Å². The SMILES string of the molecule is O=C(O)c1ccc2ncnc(Nc3ccccc3)c2c1. The molecule has 0 atom stereocenters. The highest BCUT2D eigenvalue weighted by Crippen LogP contribution is 2.23. The van der Waals surface area contributed by atoms with Crippen LogP contribution in [-0.2, 0) is 0 Å². The first-order chi connectivity index (χ1) is 9.74. The van der Waals surface area contributed by atoms with Crippen LogP contribution in [0.25, 0.3) is 10.9 Å². The van der Waals surface area contributed by atoms with Crippen LogP contribution in [0.2, 0.25) is 0 Å². The molecule has 2 aromatic carbocycles. The molecule has 5 heteroatoms. The monoisotopic (exact) mass is 265 g/mol. The van der Waals surface area contributed by atoms with E-state index in [9.17, 15) is 4.79 Å². The van der Waals surface area contributed by atoms with E-state index in [-0.39, 0.29) is 5.56 Å². The van der Waals surface area contributed by atoms with Crippen LogP contribution in [0, 0.1) is 0 Å². The third-order valence-electron chi connectivity index (χ3n) is 2.92. The summed E-state index contributed by atoms with van der Waals surface area (Å²) in [6.45, 7) is 0. The summed E-state index contributed by atoms with van der Waals surface area (Å²) >= 11 is 0. The first kappa shape index (κ1) is 12.1. The summed E-state index contributed by atoms with van der Waals surface area (Å²) in [5.74, 6) is -0.384. The van der Waals surface area contributed by atoms with Crippen molar-refractivity contribution >= 4 is 28.4 Å². The van der Waals surface area contributed by atoms with Gasteiger partial charge in [-0.1, -0.05) is 18.2 Å². The average molecular weight is 265 g/mol.